The van der Waals surface area contributed by atoms with Crippen LogP contribution in [0.2, 0.25) is 0 Å². The molecule has 0 atom stereocenters. The second-order valence-electron chi connectivity index (χ2n) is 5.23. The fourth-order valence-electron chi connectivity index (χ4n) is 3.14. The summed E-state index contributed by atoms with van der Waals surface area (Å²) in [6.07, 6.45) is 3.44. The van der Waals surface area contributed by atoms with Gasteiger partial charge in [-0.2, -0.15) is 0 Å². The van der Waals surface area contributed by atoms with E-state index in [4.69, 9.17) is 9.47 Å². The summed E-state index contributed by atoms with van der Waals surface area (Å²) < 4.78 is 25.4. The summed E-state index contributed by atoms with van der Waals surface area (Å²) in [5.74, 6) is -1.25. The molecule has 0 aromatic heterocycles. The molecule has 1 N–H and O–H groups in total. The Hall–Kier alpha value is -1.30. The normalized spacial score (nSPS) is 19.9. The molecule has 108 valence electrons. The van der Waals surface area contributed by atoms with E-state index < -0.39 is 17.2 Å². The lowest BCUT2D eigenvalue weighted by atomic mass is 9.69. The number of aliphatic carboxylic acids is 1. The largest absolute Gasteiger partial charge is 0.481 e. The van der Waals surface area contributed by atoms with E-state index in [9.17, 15) is 14.3 Å². The van der Waals surface area contributed by atoms with Gasteiger partial charge in [-0.25, -0.2) is 4.39 Å². The van der Waals surface area contributed by atoms with Crippen LogP contribution in [-0.4, -0.2) is 17.9 Å². The molecule has 0 bridgehead atoms. The molecule has 0 spiro atoms. The van der Waals surface area contributed by atoms with Crippen molar-refractivity contribution in [3.63, 3.8) is 0 Å². The number of carboxylic acid groups (broad SMARTS) is 1. The quantitative estimate of drug-likeness (QED) is 0.890. The first-order chi connectivity index (χ1) is 9.56. The number of carbonyl (C=O) groups is 1. The third-order valence-corrected chi connectivity index (χ3v) is 4.78. The minimum absolute atomic E-state index is 0.0226. The minimum Gasteiger partial charge on any atom is -0.481 e. The van der Waals surface area contributed by atoms with Crippen LogP contribution < -0.4 is 9.47 Å². The van der Waals surface area contributed by atoms with E-state index in [1.54, 1.807) is 6.07 Å². The predicted octanol–water partition coefficient (Wildman–Crippen LogP) is 3.60. The summed E-state index contributed by atoms with van der Waals surface area (Å²) in [6, 6.07) is 1.60. The van der Waals surface area contributed by atoms with Crippen LogP contribution in [0.25, 0.3) is 0 Å². The fourth-order valence-corrected chi connectivity index (χ4v) is 3.90. The summed E-state index contributed by atoms with van der Waals surface area (Å²) in [5, 5.41) is 9.68. The predicted molar refractivity (Wildman–Crippen MR) is 72.6 cm³/mol. The summed E-state index contributed by atoms with van der Waals surface area (Å²) >= 11 is 3.30. The van der Waals surface area contributed by atoms with E-state index in [0.717, 1.165) is 19.3 Å². The molecule has 4 nitrogen and oxygen atoms in total. The van der Waals surface area contributed by atoms with Gasteiger partial charge in [0.15, 0.2) is 11.6 Å². The maximum atomic E-state index is 14.7. The van der Waals surface area contributed by atoms with Crippen molar-refractivity contribution in [2.45, 2.75) is 37.5 Å². The van der Waals surface area contributed by atoms with E-state index in [1.165, 1.54) is 0 Å². The molecule has 0 saturated heterocycles. The highest BCUT2D eigenvalue weighted by Gasteiger charge is 2.46. The van der Waals surface area contributed by atoms with Gasteiger partial charge >= 0.3 is 5.97 Å². The van der Waals surface area contributed by atoms with Crippen molar-refractivity contribution in [1.82, 2.24) is 0 Å². The molecule has 0 amide bonds. The SMILES string of the molecule is O=C(O)C1(c2c(Br)cc3c(c2F)OCO3)CCCCC1. The monoisotopic (exact) mass is 344 g/mol. The fraction of sp³-hybridized carbons (Fsp3) is 0.500. The third-order valence-electron chi connectivity index (χ3n) is 4.15. The number of ether oxygens (including phenoxy) is 2. The molecule has 1 aliphatic heterocycles. The average molecular weight is 345 g/mol. The number of fused-ring (bicyclic) bond motifs is 1. The van der Waals surface area contributed by atoms with Gasteiger partial charge in [0.2, 0.25) is 12.5 Å². The van der Waals surface area contributed by atoms with Crippen molar-refractivity contribution in [2.24, 2.45) is 0 Å². The Morgan fingerprint density at radius 3 is 2.65 bits per heavy atom. The van der Waals surface area contributed by atoms with E-state index in [2.05, 4.69) is 15.9 Å². The molecule has 1 aromatic rings. The maximum absolute atomic E-state index is 14.7. The molecule has 1 aromatic carbocycles. The zero-order valence-corrected chi connectivity index (χ0v) is 12.3. The van der Waals surface area contributed by atoms with E-state index in [0.29, 0.717) is 23.1 Å². The Labute approximate surface area is 124 Å². The lowest BCUT2D eigenvalue weighted by molar-refractivity contribution is -0.145. The number of hydrogen-bond acceptors (Lipinski definition) is 3. The molecule has 2 aliphatic rings. The van der Waals surface area contributed by atoms with Crippen LogP contribution in [0.15, 0.2) is 10.5 Å². The van der Waals surface area contributed by atoms with E-state index in [-0.39, 0.29) is 18.1 Å². The molecule has 1 aliphatic carbocycles. The maximum Gasteiger partial charge on any atom is 0.314 e. The summed E-state index contributed by atoms with van der Waals surface area (Å²) in [5.41, 5.74) is -0.990. The van der Waals surface area contributed by atoms with Crippen LogP contribution in [0.1, 0.15) is 37.7 Å². The van der Waals surface area contributed by atoms with Gasteiger partial charge in [-0.15, -0.1) is 0 Å². The van der Waals surface area contributed by atoms with Crippen molar-refractivity contribution in [3.8, 4) is 11.5 Å². The molecule has 1 heterocycles. The first-order valence-electron chi connectivity index (χ1n) is 6.58. The van der Waals surface area contributed by atoms with E-state index in [1.807, 2.05) is 0 Å². The van der Waals surface area contributed by atoms with Gasteiger partial charge in [0.25, 0.3) is 0 Å². The first kappa shape index (κ1) is 13.7. The second-order valence-corrected chi connectivity index (χ2v) is 6.08. The lowest BCUT2D eigenvalue weighted by Gasteiger charge is -2.34. The van der Waals surface area contributed by atoms with Crippen LogP contribution in [0.4, 0.5) is 4.39 Å². The van der Waals surface area contributed by atoms with Crippen LogP contribution in [0, 0.1) is 5.82 Å². The number of hydrogen-bond donors (Lipinski definition) is 1. The van der Waals surface area contributed by atoms with Crippen molar-refractivity contribution in [1.29, 1.82) is 0 Å². The topological polar surface area (TPSA) is 55.8 Å². The van der Waals surface area contributed by atoms with Crippen molar-refractivity contribution in [3.05, 3.63) is 21.9 Å². The van der Waals surface area contributed by atoms with Crippen molar-refractivity contribution in [2.75, 3.05) is 6.79 Å². The standard InChI is InChI=1S/C14H14BrFO4/c15-8-6-9-12(20-7-19-9)11(16)10(8)14(13(17)18)4-2-1-3-5-14/h6H,1-5,7H2,(H,17,18). The van der Waals surface area contributed by atoms with Crippen LogP contribution >= 0.6 is 15.9 Å². The highest BCUT2D eigenvalue weighted by Crippen LogP contribution is 2.49. The van der Waals surface area contributed by atoms with Gasteiger partial charge in [0.1, 0.15) is 0 Å². The van der Waals surface area contributed by atoms with Crippen molar-refractivity contribution >= 4 is 21.9 Å². The van der Waals surface area contributed by atoms with Gasteiger partial charge in [0, 0.05) is 10.0 Å². The lowest BCUT2D eigenvalue weighted by Crippen LogP contribution is -2.39. The Balaban J connectivity index is 2.19. The van der Waals surface area contributed by atoms with E-state index >= 15 is 0 Å². The number of halogens is 2. The zero-order chi connectivity index (χ0) is 14.3. The molecular formula is C14H14BrFO4. The number of benzene rings is 1. The summed E-state index contributed by atoms with van der Waals surface area (Å²) in [4.78, 5) is 11.8. The summed E-state index contributed by atoms with van der Waals surface area (Å²) in [6.45, 7) is -0.0395. The molecule has 1 saturated carbocycles. The molecule has 0 radical (unpaired) electrons. The van der Waals surface area contributed by atoms with Crippen LogP contribution in [0.5, 0.6) is 11.5 Å². The number of rotatable bonds is 2. The average Bonchev–Trinajstić information content (AvgIpc) is 2.88. The van der Waals surface area contributed by atoms with Gasteiger partial charge in [0.05, 0.1) is 5.41 Å². The first-order valence-corrected chi connectivity index (χ1v) is 7.37. The highest BCUT2D eigenvalue weighted by molar-refractivity contribution is 9.10. The van der Waals surface area contributed by atoms with Gasteiger partial charge in [-0.3, -0.25) is 4.79 Å². The minimum atomic E-state index is -1.18. The molecular weight excluding hydrogens is 331 g/mol. The second kappa shape index (κ2) is 4.91. The Kier molecular flexibility index (Phi) is 3.36. The summed E-state index contributed by atoms with van der Waals surface area (Å²) in [7, 11) is 0. The smallest absolute Gasteiger partial charge is 0.314 e. The van der Waals surface area contributed by atoms with Gasteiger partial charge in [-0.05, 0) is 18.9 Å². The Morgan fingerprint density at radius 2 is 2.00 bits per heavy atom. The van der Waals surface area contributed by atoms with Gasteiger partial charge < -0.3 is 14.6 Å². The Morgan fingerprint density at radius 1 is 1.30 bits per heavy atom. The Bertz CT molecular complexity index is 567. The highest BCUT2D eigenvalue weighted by atomic mass is 79.9. The molecule has 0 unspecified atom stereocenters. The molecule has 6 heteroatoms. The number of carboxylic acids is 1. The van der Waals surface area contributed by atoms with Gasteiger partial charge in [-0.1, -0.05) is 35.2 Å². The molecule has 1 fully saturated rings. The molecule has 3 rings (SSSR count). The third kappa shape index (κ3) is 1.89. The zero-order valence-electron chi connectivity index (χ0n) is 10.7. The van der Waals surface area contributed by atoms with Crippen LogP contribution in [0.3, 0.4) is 0 Å². The van der Waals surface area contributed by atoms with Crippen molar-refractivity contribution < 1.29 is 23.8 Å². The van der Waals surface area contributed by atoms with Crippen LogP contribution in [-0.2, 0) is 10.2 Å². The molecule has 20 heavy (non-hydrogen) atoms.